The molecule has 4 unspecified atom stereocenters. The smallest absolute Gasteiger partial charge is 0.341 e. The van der Waals surface area contributed by atoms with Gasteiger partial charge < -0.3 is 19.9 Å². The molecule has 7 nitrogen and oxygen atoms in total. The molecule has 7 heteroatoms. The molecule has 5 rings (SSSR count). The van der Waals surface area contributed by atoms with Crippen LogP contribution in [-0.2, 0) is 18.3 Å². The number of aromatic amines is 1. The largest absolute Gasteiger partial charge is 0.497 e. The van der Waals surface area contributed by atoms with Crippen LogP contribution in [0.4, 0.5) is 0 Å². The minimum Gasteiger partial charge on any atom is -0.497 e. The summed E-state index contributed by atoms with van der Waals surface area (Å²) in [6.45, 7) is 2.96. The molecular weight excluding hydrogens is 384 g/mol. The number of ether oxygens (including phenoxy) is 1. The molecule has 1 aromatic carbocycles. The average molecular weight is 410 g/mol. The minimum atomic E-state index is -1.25. The lowest BCUT2D eigenvalue weighted by Gasteiger charge is -2.53. The molecule has 4 atom stereocenters. The van der Waals surface area contributed by atoms with Crippen LogP contribution in [0, 0.1) is 12.8 Å². The van der Waals surface area contributed by atoms with Gasteiger partial charge >= 0.3 is 5.97 Å². The number of likely N-dealkylation sites (tertiary alicyclic amines) is 1. The molecule has 0 bridgehead atoms. The number of benzene rings is 1. The third-order valence-electron chi connectivity index (χ3n) is 7.72. The van der Waals surface area contributed by atoms with E-state index >= 15 is 0 Å². The fourth-order valence-corrected chi connectivity index (χ4v) is 6.50. The van der Waals surface area contributed by atoms with Gasteiger partial charge in [0.25, 0.3) is 5.56 Å². The second-order valence-corrected chi connectivity index (χ2v) is 9.21. The summed E-state index contributed by atoms with van der Waals surface area (Å²) in [5.41, 5.74) is 1.04. The minimum absolute atomic E-state index is 0.00328. The van der Waals surface area contributed by atoms with Gasteiger partial charge in [0.2, 0.25) is 0 Å². The maximum absolute atomic E-state index is 12.4. The van der Waals surface area contributed by atoms with E-state index in [9.17, 15) is 19.8 Å². The number of fused-ring (bicyclic) bond motifs is 4. The first-order valence-electron chi connectivity index (χ1n) is 10.3. The predicted octanol–water partition coefficient (Wildman–Crippen LogP) is 1.49. The summed E-state index contributed by atoms with van der Waals surface area (Å²) in [6.07, 6.45) is 1.58. The van der Waals surface area contributed by atoms with Crippen molar-refractivity contribution in [2.45, 2.75) is 43.2 Å². The SMILES string of the molecule is COc1ccc(C)c(C23Cc4[nH]c(=O)c(C(=O)O)cc4CC2(O)C2C(CN2C)C3)c1. The molecule has 0 spiro atoms. The fraction of sp³-hybridized carbons (Fsp3) is 0.478. The van der Waals surface area contributed by atoms with Crippen molar-refractivity contribution in [3.63, 3.8) is 0 Å². The van der Waals surface area contributed by atoms with Crippen LogP contribution in [0.3, 0.4) is 0 Å². The number of carbonyl (C=O) groups is 1. The maximum atomic E-state index is 12.4. The van der Waals surface area contributed by atoms with E-state index in [1.807, 2.05) is 32.2 Å². The van der Waals surface area contributed by atoms with Crippen molar-refractivity contribution < 1.29 is 19.7 Å². The molecule has 2 heterocycles. The number of pyridine rings is 1. The molecule has 1 aromatic heterocycles. The Kier molecular flexibility index (Phi) is 3.98. The van der Waals surface area contributed by atoms with E-state index in [1.165, 1.54) is 6.07 Å². The third kappa shape index (κ3) is 2.33. The van der Waals surface area contributed by atoms with Crippen LogP contribution in [-0.4, -0.2) is 58.4 Å². The predicted molar refractivity (Wildman–Crippen MR) is 110 cm³/mol. The van der Waals surface area contributed by atoms with Crippen molar-refractivity contribution in [1.82, 2.24) is 9.88 Å². The highest BCUT2D eigenvalue weighted by atomic mass is 16.5. The van der Waals surface area contributed by atoms with E-state index in [0.29, 0.717) is 24.3 Å². The van der Waals surface area contributed by atoms with E-state index in [-0.39, 0.29) is 11.6 Å². The lowest BCUT2D eigenvalue weighted by molar-refractivity contribution is -0.108. The number of carboxylic acid groups (broad SMARTS) is 1. The number of aromatic carboxylic acids is 1. The van der Waals surface area contributed by atoms with E-state index in [4.69, 9.17) is 4.74 Å². The molecule has 3 N–H and O–H groups in total. The molecule has 0 radical (unpaired) electrons. The van der Waals surface area contributed by atoms with Crippen LogP contribution in [0.1, 0.15) is 39.2 Å². The van der Waals surface area contributed by atoms with E-state index in [2.05, 4.69) is 9.88 Å². The fourth-order valence-electron chi connectivity index (χ4n) is 6.50. The van der Waals surface area contributed by atoms with Crippen LogP contribution in [0.5, 0.6) is 5.75 Å². The van der Waals surface area contributed by atoms with Crippen LogP contribution in [0.15, 0.2) is 29.1 Å². The van der Waals surface area contributed by atoms with Gasteiger partial charge in [0.15, 0.2) is 0 Å². The second kappa shape index (κ2) is 6.18. The number of methoxy groups -OCH3 is 1. The second-order valence-electron chi connectivity index (χ2n) is 9.21. The number of rotatable bonds is 3. The number of hydrogen-bond acceptors (Lipinski definition) is 5. The molecule has 2 fully saturated rings. The number of nitrogens with one attached hydrogen (secondary N) is 1. The zero-order valence-electron chi connectivity index (χ0n) is 17.4. The number of hydrogen-bond donors (Lipinski definition) is 3. The number of likely N-dealkylation sites (N-methyl/N-ethyl adjacent to an activating group) is 1. The summed E-state index contributed by atoms with van der Waals surface area (Å²) < 4.78 is 5.48. The van der Waals surface area contributed by atoms with E-state index in [1.54, 1.807) is 7.11 Å². The Bertz CT molecular complexity index is 1130. The Morgan fingerprint density at radius 1 is 1.30 bits per heavy atom. The van der Waals surface area contributed by atoms with Crippen molar-refractivity contribution in [2.75, 3.05) is 20.7 Å². The first kappa shape index (κ1) is 19.3. The van der Waals surface area contributed by atoms with Crippen LogP contribution < -0.4 is 10.3 Å². The zero-order valence-corrected chi connectivity index (χ0v) is 17.4. The van der Waals surface area contributed by atoms with Gasteiger partial charge in [0, 0.05) is 36.5 Å². The summed E-state index contributed by atoms with van der Waals surface area (Å²) >= 11 is 0. The highest BCUT2D eigenvalue weighted by molar-refractivity contribution is 5.87. The van der Waals surface area contributed by atoms with Gasteiger partial charge in [-0.05, 0) is 61.2 Å². The van der Waals surface area contributed by atoms with Gasteiger partial charge in [-0.3, -0.25) is 9.69 Å². The van der Waals surface area contributed by atoms with Crippen LogP contribution >= 0.6 is 0 Å². The van der Waals surface area contributed by atoms with Gasteiger partial charge in [-0.2, -0.15) is 0 Å². The average Bonchev–Trinajstić information content (AvgIpc) is 2.88. The molecule has 2 aliphatic carbocycles. The number of aromatic nitrogens is 1. The number of carboxylic acids is 1. The molecule has 2 aromatic rings. The van der Waals surface area contributed by atoms with Gasteiger partial charge in [0.1, 0.15) is 11.3 Å². The molecule has 30 heavy (non-hydrogen) atoms. The van der Waals surface area contributed by atoms with Crippen LogP contribution in [0.25, 0.3) is 0 Å². The van der Waals surface area contributed by atoms with E-state index in [0.717, 1.165) is 35.5 Å². The first-order valence-corrected chi connectivity index (χ1v) is 10.3. The highest BCUT2D eigenvalue weighted by Gasteiger charge is 2.70. The monoisotopic (exact) mass is 410 g/mol. The van der Waals surface area contributed by atoms with E-state index < -0.39 is 22.5 Å². The zero-order chi connectivity index (χ0) is 21.4. The Morgan fingerprint density at radius 3 is 2.73 bits per heavy atom. The molecule has 1 saturated heterocycles. The Labute approximate surface area is 174 Å². The molecular formula is C23H26N2O5. The van der Waals surface area contributed by atoms with Crippen molar-refractivity contribution in [1.29, 1.82) is 0 Å². The standard InChI is InChI=1S/C23H26N2O5/c1-12-4-5-15(30-3)7-17(12)22-8-14-11-25(2)19(14)23(22,29)9-13-6-16(21(27)28)20(26)24-18(13)10-22/h4-7,14,19,29H,8-11H2,1-3H3,(H,24,26)(H,27,28). The lowest BCUT2D eigenvalue weighted by atomic mass is 9.59. The van der Waals surface area contributed by atoms with Gasteiger partial charge in [-0.25, -0.2) is 4.79 Å². The lowest BCUT2D eigenvalue weighted by Crippen LogP contribution is -2.67. The molecule has 1 saturated carbocycles. The summed E-state index contributed by atoms with van der Waals surface area (Å²) in [6, 6.07) is 7.39. The Balaban J connectivity index is 1.74. The molecule has 0 amide bonds. The topological polar surface area (TPSA) is 103 Å². The van der Waals surface area contributed by atoms with Crippen molar-refractivity contribution in [3.05, 3.63) is 62.6 Å². The van der Waals surface area contributed by atoms with Crippen molar-refractivity contribution in [2.24, 2.45) is 5.92 Å². The summed E-state index contributed by atoms with van der Waals surface area (Å²) in [5, 5.41) is 21.7. The Hall–Kier alpha value is -2.64. The Morgan fingerprint density at radius 2 is 2.07 bits per heavy atom. The van der Waals surface area contributed by atoms with Gasteiger partial charge in [-0.15, -0.1) is 0 Å². The molecule has 3 aliphatic rings. The number of aryl methyl sites for hydroxylation is 1. The summed E-state index contributed by atoms with van der Waals surface area (Å²) in [5.74, 6) is -0.164. The number of nitrogens with zero attached hydrogens (tertiary/aromatic N) is 1. The summed E-state index contributed by atoms with van der Waals surface area (Å²) in [7, 11) is 3.66. The normalized spacial score (nSPS) is 32.0. The molecule has 1 aliphatic heterocycles. The van der Waals surface area contributed by atoms with Crippen molar-refractivity contribution >= 4 is 5.97 Å². The maximum Gasteiger partial charge on any atom is 0.341 e. The van der Waals surface area contributed by atoms with Crippen LogP contribution in [0.2, 0.25) is 0 Å². The molecule has 158 valence electrons. The number of aliphatic hydroxyl groups is 1. The highest BCUT2D eigenvalue weighted by Crippen LogP contribution is 2.61. The third-order valence-corrected chi connectivity index (χ3v) is 7.72. The number of H-pyrrole nitrogens is 1. The quantitative estimate of drug-likeness (QED) is 0.709. The van der Waals surface area contributed by atoms with Gasteiger partial charge in [0.05, 0.1) is 12.7 Å². The summed E-state index contributed by atoms with van der Waals surface area (Å²) in [4.78, 5) is 28.9. The van der Waals surface area contributed by atoms with Crippen molar-refractivity contribution in [3.8, 4) is 5.75 Å². The van der Waals surface area contributed by atoms with Gasteiger partial charge in [-0.1, -0.05) is 6.07 Å². The first-order chi connectivity index (χ1) is 14.2.